The van der Waals surface area contributed by atoms with Gasteiger partial charge in [0.25, 0.3) is 0 Å². The van der Waals surface area contributed by atoms with Gasteiger partial charge in [-0.1, -0.05) is 30.0 Å². The largest absolute Gasteiger partial charge is 0.342 e. The molecule has 1 fully saturated rings. The number of hydrogen-bond acceptors (Lipinski definition) is 6. The van der Waals surface area contributed by atoms with Gasteiger partial charge in [0.1, 0.15) is 11.6 Å². The number of benzene rings is 1. The zero-order chi connectivity index (χ0) is 19.3. The van der Waals surface area contributed by atoms with E-state index in [9.17, 15) is 13.2 Å². The van der Waals surface area contributed by atoms with Crippen LogP contribution in [0.2, 0.25) is 0 Å². The fourth-order valence-electron chi connectivity index (χ4n) is 3.09. The monoisotopic (exact) mass is 408 g/mol. The van der Waals surface area contributed by atoms with Crippen molar-refractivity contribution in [3.05, 3.63) is 36.2 Å². The molecule has 0 radical (unpaired) electrons. The maximum absolute atomic E-state index is 12.6. The Hall–Kier alpha value is -1.87. The molecule has 3 rings (SSSR count). The topological polar surface area (TPSA) is 85.2 Å². The first-order valence-corrected chi connectivity index (χ1v) is 11.8. The number of likely N-dealkylation sites (tertiary alicyclic amines) is 1. The van der Waals surface area contributed by atoms with Gasteiger partial charge in [-0.05, 0) is 38.3 Å². The molecule has 146 valence electrons. The van der Waals surface area contributed by atoms with Crippen molar-refractivity contribution in [2.24, 2.45) is 0 Å². The number of sulfone groups is 1. The van der Waals surface area contributed by atoms with Crippen LogP contribution >= 0.6 is 11.8 Å². The first kappa shape index (κ1) is 19.9. The maximum Gasteiger partial charge on any atom is 0.233 e. The quantitative estimate of drug-likeness (QED) is 0.654. The number of piperidine rings is 1. The van der Waals surface area contributed by atoms with E-state index in [1.165, 1.54) is 18.2 Å². The molecule has 0 atom stereocenters. The predicted octanol–water partition coefficient (Wildman–Crippen LogP) is 2.38. The van der Waals surface area contributed by atoms with Gasteiger partial charge in [0, 0.05) is 19.6 Å². The third-order valence-corrected chi connectivity index (χ3v) is 7.14. The van der Waals surface area contributed by atoms with Crippen molar-refractivity contribution in [2.45, 2.75) is 48.5 Å². The highest BCUT2D eigenvalue weighted by Gasteiger charge is 2.22. The molecular weight excluding hydrogens is 384 g/mol. The van der Waals surface area contributed by atoms with Gasteiger partial charge >= 0.3 is 0 Å². The summed E-state index contributed by atoms with van der Waals surface area (Å²) in [4.78, 5) is 14.5. The Labute approximate surface area is 164 Å². The van der Waals surface area contributed by atoms with E-state index in [4.69, 9.17) is 0 Å². The van der Waals surface area contributed by atoms with Gasteiger partial charge in [-0.15, -0.1) is 10.2 Å². The van der Waals surface area contributed by atoms with Crippen molar-refractivity contribution >= 4 is 27.5 Å². The summed E-state index contributed by atoms with van der Waals surface area (Å²) in [6.45, 7) is 4.10. The standard InChI is InChI=1S/C18H24N4O3S2/c1-2-22-16(14-27(24,25)15-9-5-3-6-10-15)19-20-18(22)26-13-17(23)21-11-7-4-8-12-21/h3,5-6,9-10H,2,4,7-8,11-14H2,1H3. The van der Waals surface area contributed by atoms with E-state index in [2.05, 4.69) is 10.2 Å². The third kappa shape index (κ3) is 4.90. The van der Waals surface area contributed by atoms with Gasteiger partial charge in [-0.25, -0.2) is 8.42 Å². The molecule has 1 saturated heterocycles. The third-order valence-electron chi connectivity index (χ3n) is 4.56. The highest BCUT2D eigenvalue weighted by molar-refractivity contribution is 7.99. The van der Waals surface area contributed by atoms with Crippen LogP contribution in [0.3, 0.4) is 0 Å². The zero-order valence-corrected chi connectivity index (χ0v) is 17.0. The number of aromatic nitrogens is 3. The Balaban J connectivity index is 1.68. The Kier molecular flexibility index (Phi) is 6.54. The first-order chi connectivity index (χ1) is 13.0. The van der Waals surface area contributed by atoms with Crippen LogP contribution in [0, 0.1) is 0 Å². The molecule has 1 amide bonds. The summed E-state index contributed by atoms with van der Waals surface area (Å²) in [7, 11) is -3.49. The van der Waals surface area contributed by atoms with Crippen molar-refractivity contribution < 1.29 is 13.2 Å². The molecule has 0 aliphatic carbocycles. The molecule has 2 aromatic rings. The summed E-state index contributed by atoms with van der Waals surface area (Å²) in [5.41, 5.74) is 0. The van der Waals surface area contributed by atoms with Crippen molar-refractivity contribution in [3.8, 4) is 0 Å². The second-order valence-electron chi connectivity index (χ2n) is 6.45. The molecule has 0 saturated carbocycles. The Morgan fingerprint density at radius 1 is 1.11 bits per heavy atom. The van der Waals surface area contributed by atoms with Gasteiger partial charge in [0.15, 0.2) is 15.0 Å². The molecular formula is C18H24N4O3S2. The number of carbonyl (C=O) groups is 1. The van der Waals surface area contributed by atoms with Crippen molar-refractivity contribution in [1.29, 1.82) is 0 Å². The van der Waals surface area contributed by atoms with E-state index < -0.39 is 9.84 Å². The number of carbonyl (C=O) groups excluding carboxylic acids is 1. The predicted molar refractivity (Wildman–Crippen MR) is 104 cm³/mol. The zero-order valence-electron chi connectivity index (χ0n) is 15.4. The summed E-state index contributed by atoms with van der Waals surface area (Å²) >= 11 is 1.32. The van der Waals surface area contributed by atoms with Crippen LogP contribution < -0.4 is 0 Å². The molecule has 7 nitrogen and oxygen atoms in total. The minimum absolute atomic E-state index is 0.101. The maximum atomic E-state index is 12.6. The minimum Gasteiger partial charge on any atom is -0.342 e. The highest BCUT2D eigenvalue weighted by atomic mass is 32.2. The molecule has 0 unspecified atom stereocenters. The Morgan fingerprint density at radius 3 is 2.48 bits per heavy atom. The van der Waals surface area contributed by atoms with Crippen LogP contribution in [-0.2, 0) is 26.9 Å². The lowest BCUT2D eigenvalue weighted by Gasteiger charge is -2.26. The van der Waals surface area contributed by atoms with E-state index in [1.54, 1.807) is 34.9 Å². The number of rotatable bonds is 7. The summed E-state index contributed by atoms with van der Waals surface area (Å²) in [6.07, 6.45) is 3.30. The SMILES string of the molecule is CCn1c(CS(=O)(=O)c2ccccc2)nnc1SCC(=O)N1CCCCC1. The molecule has 0 N–H and O–H groups in total. The fraction of sp³-hybridized carbons (Fsp3) is 0.500. The van der Waals surface area contributed by atoms with Crippen LogP contribution in [0.5, 0.6) is 0 Å². The summed E-state index contributed by atoms with van der Waals surface area (Å²) < 4.78 is 27.0. The second kappa shape index (κ2) is 8.88. The molecule has 1 aliphatic heterocycles. The van der Waals surface area contributed by atoms with Gasteiger partial charge in [0.2, 0.25) is 5.91 Å². The normalized spacial score (nSPS) is 15.1. The molecule has 27 heavy (non-hydrogen) atoms. The molecule has 1 aromatic carbocycles. The fourth-order valence-corrected chi connectivity index (χ4v) is 5.31. The van der Waals surface area contributed by atoms with Gasteiger partial charge < -0.3 is 9.47 Å². The average Bonchev–Trinajstić information content (AvgIpc) is 3.08. The van der Waals surface area contributed by atoms with E-state index in [0.29, 0.717) is 23.3 Å². The van der Waals surface area contributed by atoms with E-state index in [1.807, 2.05) is 11.8 Å². The molecule has 0 spiro atoms. The first-order valence-electron chi connectivity index (χ1n) is 9.11. The van der Waals surface area contributed by atoms with Crippen molar-refractivity contribution in [1.82, 2.24) is 19.7 Å². The van der Waals surface area contributed by atoms with Crippen molar-refractivity contribution in [2.75, 3.05) is 18.8 Å². The van der Waals surface area contributed by atoms with E-state index in [0.717, 1.165) is 25.9 Å². The van der Waals surface area contributed by atoms with Gasteiger partial charge in [-0.3, -0.25) is 4.79 Å². The molecule has 9 heteroatoms. The number of nitrogens with zero attached hydrogens (tertiary/aromatic N) is 4. The van der Waals surface area contributed by atoms with Crippen LogP contribution in [-0.4, -0.2) is 52.8 Å². The van der Waals surface area contributed by atoms with Crippen LogP contribution in [0.15, 0.2) is 40.4 Å². The summed E-state index contributed by atoms with van der Waals surface area (Å²) in [5.74, 6) is 0.584. The Morgan fingerprint density at radius 2 is 1.81 bits per heavy atom. The summed E-state index contributed by atoms with van der Waals surface area (Å²) in [6, 6.07) is 8.33. The smallest absolute Gasteiger partial charge is 0.233 e. The van der Waals surface area contributed by atoms with Crippen LogP contribution in [0.25, 0.3) is 0 Å². The van der Waals surface area contributed by atoms with E-state index in [-0.39, 0.29) is 16.6 Å². The van der Waals surface area contributed by atoms with Crippen LogP contribution in [0.1, 0.15) is 32.0 Å². The Bertz CT molecular complexity index is 875. The molecule has 0 bridgehead atoms. The number of amides is 1. The van der Waals surface area contributed by atoms with Gasteiger partial charge in [-0.2, -0.15) is 0 Å². The molecule has 1 aliphatic rings. The second-order valence-corrected chi connectivity index (χ2v) is 9.38. The van der Waals surface area contributed by atoms with Crippen LogP contribution in [0.4, 0.5) is 0 Å². The lowest BCUT2D eigenvalue weighted by atomic mass is 10.1. The van der Waals surface area contributed by atoms with Crippen molar-refractivity contribution in [3.63, 3.8) is 0 Å². The highest BCUT2D eigenvalue weighted by Crippen LogP contribution is 2.21. The van der Waals surface area contributed by atoms with Gasteiger partial charge in [0.05, 0.1) is 10.6 Å². The number of hydrogen-bond donors (Lipinski definition) is 0. The molecule has 1 aromatic heterocycles. The lowest BCUT2D eigenvalue weighted by Crippen LogP contribution is -2.36. The summed E-state index contributed by atoms with van der Waals surface area (Å²) in [5, 5.41) is 8.78. The minimum atomic E-state index is -3.49. The van der Waals surface area contributed by atoms with E-state index >= 15 is 0 Å². The molecule has 2 heterocycles. The lowest BCUT2D eigenvalue weighted by molar-refractivity contribution is -0.129. The number of thioether (sulfide) groups is 1. The average molecular weight is 409 g/mol.